The van der Waals surface area contributed by atoms with Gasteiger partial charge in [0.2, 0.25) is 10.0 Å². The largest absolute Gasteiger partial charge is 0.491 e. The molecule has 0 radical (unpaired) electrons. The first-order chi connectivity index (χ1) is 8.99. The summed E-state index contributed by atoms with van der Waals surface area (Å²) in [5.41, 5.74) is 0.543. The number of pyridine rings is 1. The van der Waals surface area contributed by atoms with Crippen LogP contribution in [-0.4, -0.2) is 36.7 Å². The van der Waals surface area contributed by atoms with Gasteiger partial charge in [-0.2, -0.15) is 0 Å². The lowest BCUT2D eigenvalue weighted by Gasteiger charge is -2.09. The number of aromatic nitrogens is 3. The molecule has 0 spiro atoms. The lowest BCUT2D eigenvalue weighted by Crippen LogP contribution is -2.12. The zero-order chi connectivity index (χ0) is 13.9. The first-order valence-electron chi connectivity index (χ1n) is 5.30. The van der Waals surface area contributed by atoms with E-state index in [2.05, 4.69) is 19.7 Å². The minimum absolute atomic E-state index is 0.0839. The van der Waals surface area contributed by atoms with Crippen LogP contribution in [-0.2, 0) is 10.0 Å². The Bertz CT molecular complexity index is 674. The summed E-state index contributed by atoms with van der Waals surface area (Å²) < 4.78 is 29.8. The Balaban J connectivity index is 2.47. The van der Waals surface area contributed by atoms with Gasteiger partial charge < -0.3 is 4.74 Å². The third-order valence-electron chi connectivity index (χ3n) is 2.15. The smallest absolute Gasteiger partial charge is 0.231 e. The van der Waals surface area contributed by atoms with Crippen molar-refractivity contribution < 1.29 is 13.2 Å². The molecule has 0 aromatic carbocycles. The summed E-state index contributed by atoms with van der Waals surface area (Å²) in [7, 11) is -2.04. The fourth-order valence-electron chi connectivity index (χ4n) is 1.39. The van der Waals surface area contributed by atoms with Gasteiger partial charge in [0.1, 0.15) is 5.69 Å². The summed E-state index contributed by atoms with van der Waals surface area (Å²) in [6, 6.07) is 5.29. The highest BCUT2D eigenvalue weighted by molar-refractivity contribution is 7.92. The molecule has 0 bridgehead atoms. The van der Waals surface area contributed by atoms with E-state index in [1.165, 1.54) is 13.3 Å². The topological polar surface area (TPSA) is 94.1 Å². The normalized spacial score (nSPS) is 11.1. The second-order valence-electron chi connectivity index (χ2n) is 3.70. The van der Waals surface area contributed by atoms with Crippen LogP contribution in [0.1, 0.15) is 0 Å². The van der Waals surface area contributed by atoms with Crippen molar-refractivity contribution in [3.05, 3.63) is 30.6 Å². The van der Waals surface area contributed by atoms with Crippen LogP contribution in [0.25, 0.3) is 11.5 Å². The molecule has 100 valence electrons. The molecule has 0 atom stereocenters. The second kappa shape index (κ2) is 5.19. The Morgan fingerprint density at radius 1 is 1.26 bits per heavy atom. The van der Waals surface area contributed by atoms with Crippen LogP contribution >= 0.6 is 0 Å². The monoisotopic (exact) mass is 280 g/mol. The second-order valence-corrected chi connectivity index (χ2v) is 5.45. The molecule has 1 N–H and O–H groups in total. The van der Waals surface area contributed by atoms with Crippen LogP contribution < -0.4 is 9.46 Å². The average Bonchev–Trinajstić information content (AvgIpc) is 2.38. The fraction of sp³-hybridized carbons (Fsp3) is 0.182. The molecule has 8 heteroatoms. The first kappa shape index (κ1) is 13.2. The van der Waals surface area contributed by atoms with E-state index >= 15 is 0 Å². The molecule has 0 aliphatic carbocycles. The lowest BCUT2D eigenvalue weighted by atomic mass is 10.3. The molecule has 2 aromatic rings. The number of hydrogen-bond donors (Lipinski definition) is 1. The van der Waals surface area contributed by atoms with Crippen LogP contribution in [0.3, 0.4) is 0 Å². The summed E-state index contributed by atoms with van der Waals surface area (Å²) >= 11 is 0. The molecule has 0 saturated heterocycles. The zero-order valence-corrected chi connectivity index (χ0v) is 11.2. The summed E-state index contributed by atoms with van der Waals surface area (Å²) in [6.45, 7) is 0. The molecule has 0 aliphatic rings. The van der Waals surface area contributed by atoms with E-state index in [-0.39, 0.29) is 11.6 Å². The van der Waals surface area contributed by atoms with Gasteiger partial charge in [0.25, 0.3) is 0 Å². The molecule has 7 nitrogen and oxygen atoms in total. The molecule has 0 unspecified atom stereocenters. The summed E-state index contributed by atoms with van der Waals surface area (Å²) in [6.07, 6.45) is 4.03. The maximum absolute atomic E-state index is 11.3. The molecule has 0 aliphatic heterocycles. The minimum Gasteiger partial charge on any atom is -0.491 e. The lowest BCUT2D eigenvalue weighted by molar-refractivity contribution is 0.413. The highest BCUT2D eigenvalue weighted by Gasteiger charge is 2.13. The van der Waals surface area contributed by atoms with Crippen LogP contribution in [0.5, 0.6) is 5.75 Å². The predicted molar refractivity (Wildman–Crippen MR) is 70.3 cm³/mol. The molecular weight excluding hydrogens is 268 g/mol. The SMILES string of the molecule is COc1cnc(-c2ccccn2)nc1NS(C)(=O)=O. The fourth-order valence-corrected chi connectivity index (χ4v) is 1.88. The molecule has 0 saturated carbocycles. The van der Waals surface area contributed by atoms with Crippen LogP contribution in [0.2, 0.25) is 0 Å². The van der Waals surface area contributed by atoms with Crippen molar-refractivity contribution >= 4 is 15.8 Å². The summed E-state index contributed by atoms with van der Waals surface area (Å²) in [5, 5.41) is 0. The maximum atomic E-state index is 11.3. The van der Waals surface area contributed by atoms with E-state index in [0.29, 0.717) is 11.5 Å². The van der Waals surface area contributed by atoms with Gasteiger partial charge in [-0.3, -0.25) is 9.71 Å². The van der Waals surface area contributed by atoms with E-state index in [1.807, 2.05) is 0 Å². The van der Waals surface area contributed by atoms with Crippen molar-refractivity contribution in [1.82, 2.24) is 15.0 Å². The molecule has 2 heterocycles. The van der Waals surface area contributed by atoms with Crippen LogP contribution in [0.15, 0.2) is 30.6 Å². The van der Waals surface area contributed by atoms with Crippen molar-refractivity contribution in [2.24, 2.45) is 0 Å². The summed E-state index contributed by atoms with van der Waals surface area (Å²) in [5.74, 6) is 0.637. The Morgan fingerprint density at radius 3 is 2.63 bits per heavy atom. The van der Waals surface area contributed by atoms with Gasteiger partial charge in [-0.25, -0.2) is 18.4 Å². The molecule has 2 rings (SSSR count). The Morgan fingerprint density at radius 2 is 2.05 bits per heavy atom. The van der Waals surface area contributed by atoms with E-state index in [0.717, 1.165) is 6.26 Å². The van der Waals surface area contributed by atoms with E-state index < -0.39 is 10.0 Å². The third-order valence-corrected chi connectivity index (χ3v) is 2.72. The third kappa shape index (κ3) is 3.38. The van der Waals surface area contributed by atoms with Gasteiger partial charge in [-0.1, -0.05) is 6.07 Å². The number of nitrogens with zero attached hydrogens (tertiary/aromatic N) is 3. The van der Waals surface area contributed by atoms with E-state index in [1.54, 1.807) is 24.4 Å². The van der Waals surface area contributed by atoms with Gasteiger partial charge in [-0.05, 0) is 12.1 Å². The number of hydrogen-bond acceptors (Lipinski definition) is 6. The Labute approximate surface area is 110 Å². The number of ether oxygens (including phenoxy) is 1. The predicted octanol–water partition coefficient (Wildman–Crippen LogP) is 0.919. The average molecular weight is 280 g/mol. The molecule has 0 fully saturated rings. The summed E-state index contributed by atoms with van der Waals surface area (Å²) in [4.78, 5) is 12.3. The number of nitrogens with one attached hydrogen (secondary N) is 1. The molecule has 0 amide bonds. The standard InChI is InChI=1S/C11H12N4O3S/c1-18-9-7-13-10(8-5-3-4-6-12-8)14-11(9)15-19(2,16)17/h3-7H,1-2H3,(H,13,14,15). The highest BCUT2D eigenvalue weighted by Crippen LogP contribution is 2.24. The van der Waals surface area contributed by atoms with Gasteiger partial charge in [-0.15, -0.1) is 0 Å². The number of sulfonamides is 1. The number of rotatable bonds is 4. The number of anilines is 1. The quantitative estimate of drug-likeness (QED) is 0.895. The minimum atomic E-state index is -3.45. The van der Waals surface area contributed by atoms with Crippen molar-refractivity contribution in [2.75, 3.05) is 18.1 Å². The zero-order valence-electron chi connectivity index (χ0n) is 10.4. The van der Waals surface area contributed by atoms with Crippen molar-refractivity contribution in [2.45, 2.75) is 0 Å². The van der Waals surface area contributed by atoms with Crippen molar-refractivity contribution in [3.8, 4) is 17.3 Å². The number of methoxy groups -OCH3 is 1. The van der Waals surface area contributed by atoms with Gasteiger partial charge in [0.05, 0.1) is 19.6 Å². The van der Waals surface area contributed by atoms with E-state index in [9.17, 15) is 8.42 Å². The van der Waals surface area contributed by atoms with Crippen molar-refractivity contribution in [1.29, 1.82) is 0 Å². The molecule has 19 heavy (non-hydrogen) atoms. The van der Waals surface area contributed by atoms with Gasteiger partial charge in [0, 0.05) is 6.20 Å². The Kier molecular flexibility index (Phi) is 3.61. The first-order valence-corrected chi connectivity index (χ1v) is 7.19. The molecule has 2 aromatic heterocycles. The van der Waals surface area contributed by atoms with Crippen molar-refractivity contribution in [3.63, 3.8) is 0 Å². The molecular formula is C11H12N4O3S. The highest BCUT2D eigenvalue weighted by atomic mass is 32.2. The Hall–Kier alpha value is -2.22. The van der Waals surface area contributed by atoms with Crippen LogP contribution in [0, 0.1) is 0 Å². The van der Waals surface area contributed by atoms with Crippen LogP contribution in [0.4, 0.5) is 5.82 Å². The van der Waals surface area contributed by atoms with Gasteiger partial charge >= 0.3 is 0 Å². The van der Waals surface area contributed by atoms with Gasteiger partial charge in [0.15, 0.2) is 17.4 Å². The van der Waals surface area contributed by atoms with E-state index in [4.69, 9.17) is 4.74 Å². The maximum Gasteiger partial charge on any atom is 0.231 e.